The largest absolute Gasteiger partial charge is 0.396 e. The smallest absolute Gasteiger partial charge is 0.0436 e. The molecular weight excluding hydrogens is 174 g/mol. The number of aliphatic hydroxyl groups is 1. The molecule has 0 amide bonds. The molecule has 2 N–H and O–H groups in total. The zero-order chi connectivity index (χ0) is 10.8. The van der Waals surface area contributed by atoms with Gasteiger partial charge in [-0.15, -0.1) is 0 Å². The van der Waals surface area contributed by atoms with Crippen molar-refractivity contribution >= 4 is 0 Å². The van der Waals surface area contributed by atoms with E-state index in [1.165, 1.54) is 12.8 Å². The van der Waals surface area contributed by atoms with Gasteiger partial charge in [-0.1, -0.05) is 20.8 Å². The fourth-order valence-corrected chi connectivity index (χ4v) is 1.70. The van der Waals surface area contributed by atoms with E-state index in [4.69, 9.17) is 5.11 Å². The van der Waals surface area contributed by atoms with Crippen LogP contribution in [0.4, 0.5) is 0 Å². The normalized spacial score (nSPS) is 22.1. The van der Waals surface area contributed by atoms with Crippen molar-refractivity contribution in [2.75, 3.05) is 13.2 Å². The lowest BCUT2D eigenvalue weighted by Gasteiger charge is -2.29. The summed E-state index contributed by atoms with van der Waals surface area (Å²) in [5.74, 6) is 0. The van der Waals surface area contributed by atoms with Crippen LogP contribution < -0.4 is 5.32 Å². The van der Waals surface area contributed by atoms with Gasteiger partial charge in [0.15, 0.2) is 0 Å². The molecule has 2 heteroatoms. The first kappa shape index (κ1) is 12.0. The highest BCUT2D eigenvalue weighted by atomic mass is 16.3. The van der Waals surface area contributed by atoms with Crippen LogP contribution in [-0.2, 0) is 0 Å². The Morgan fingerprint density at radius 3 is 2.43 bits per heavy atom. The molecule has 1 saturated carbocycles. The summed E-state index contributed by atoms with van der Waals surface area (Å²) in [6.07, 6.45) is 3.60. The average Bonchev–Trinajstić information content (AvgIpc) is 2.81. The third-order valence-corrected chi connectivity index (χ3v) is 3.76. The third kappa shape index (κ3) is 3.25. The molecule has 0 aromatic rings. The summed E-state index contributed by atoms with van der Waals surface area (Å²) in [4.78, 5) is 0. The van der Waals surface area contributed by atoms with E-state index in [1.807, 2.05) is 0 Å². The van der Waals surface area contributed by atoms with E-state index < -0.39 is 0 Å². The van der Waals surface area contributed by atoms with Crippen LogP contribution in [0.1, 0.15) is 47.0 Å². The van der Waals surface area contributed by atoms with Crippen LogP contribution in [0.5, 0.6) is 0 Å². The highest BCUT2D eigenvalue weighted by Gasteiger charge is 2.42. The first-order chi connectivity index (χ1) is 6.40. The zero-order valence-corrected chi connectivity index (χ0v) is 10.1. The maximum Gasteiger partial charge on any atom is 0.0436 e. The number of rotatable bonds is 6. The Hall–Kier alpha value is -0.0800. The van der Waals surface area contributed by atoms with E-state index in [-0.39, 0.29) is 5.41 Å². The summed E-state index contributed by atoms with van der Waals surface area (Å²) in [5.41, 5.74) is 0.767. The maximum atomic E-state index is 8.91. The lowest BCUT2D eigenvalue weighted by molar-refractivity contribution is 0.197. The zero-order valence-electron chi connectivity index (χ0n) is 10.1. The van der Waals surface area contributed by atoms with E-state index in [0.717, 1.165) is 13.0 Å². The minimum absolute atomic E-state index is 0.217. The Bertz CT molecular complexity index is 185. The summed E-state index contributed by atoms with van der Waals surface area (Å²) in [5, 5.41) is 12.5. The first-order valence-electron chi connectivity index (χ1n) is 5.74. The molecule has 0 bridgehead atoms. The standard InChI is InChI=1S/C12H25NO/c1-10(12(4)5-6-12)13-9-11(2,3)7-8-14/h10,13-14H,5-9H2,1-4H3. The van der Waals surface area contributed by atoms with Gasteiger partial charge in [0.2, 0.25) is 0 Å². The summed E-state index contributed by atoms with van der Waals surface area (Å²) < 4.78 is 0. The molecule has 0 radical (unpaired) electrons. The molecule has 0 heterocycles. The second-order valence-corrected chi connectivity index (χ2v) is 5.89. The minimum Gasteiger partial charge on any atom is -0.396 e. The van der Waals surface area contributed by atoms with Crippen molar-refractivity contribution in [2.24, 2.45) is 10.8 Å². The van der Waals surface area contributed by atoms with Crippen molar-refractivity contribution in [3.63, 3.8) is 0 Å². The van der Waals surface area contributed by atoms with Gasteiger partial charge in [0.25, 0.3) is 0 Å². The molecule has 1 aliphatic carbocycles. The van der Waals surface area contributed by atoms with Crippen molar-refractivity contribution in [3.05, 3.63) is 0 Å². The summed E-state index contributed by atoms with van der Waals surface area (Å²) >= 11 is 0. The van der Waals surface area contributed by atoms with Gasteiger partial charge in [-0.25, -0.2) is 0 Å². The molecule has 1 aliphatic rings. The van der Waals surface area contributed by atoms with E-state index in [1.54, 1.807) is 0 Å². The molecule has 0 aliphatic heterocycles. The Labute approximate surface area is 88.1 Å². The van der Waals surface area contributed by atoms with E-state index in [2.05, 4.69) is 33.0 Å². The van der Waals surface area contributed by atoms with Crippen LogP contribution in [0.25, 0.3) is 0 Å². The van der Waals surface area contributed by atoms with E-state index in [9.17, 15) is 0 Å². The molecule has 0 aromatic heterocycles. The fraction of sp³-hybridized carbons (Fsp3) is 1.00. The number of hydrogen-bond donors (Lipinski definition) is 2. The second-order valence-electron chi connectivity index (χ2n) is 5.89. The van der Waals surface area contributed by atoms with Crippen molar-refractivity contribution in [1.29, 1.82) is 0 Å². The molecule has 1 fully saturated rings. The van der Waals surface area contributed by atoms with Crippen LogP contribution in [0.15, 0.2) is 0 Å². The van der Waals surface area contributed by atoms with Crippen molar-refractivity contribution in [2.45, 2.75) is 53.0 Å². The number of aliphatic hydroxyl groups excluding tert-OH is 1. The topological polar surface area (TPSA) is 32.3 Å². The van der Waals surface area contributed by atoms with E-state index >= 15 is 0 Å². The molecule has 84 valence electrons. The molecule has 0 aromatic carbocycles. The van der Waals surface area contributed by atoms with Gasteiger partial charge in [0, 0.05) is 19.2 Å². The number of nitrogens with one attached hydrogen (secondary N) is 1. The second kappa shape index (κ2) is 4.19. The quantitative estimate of drug-likeness (QED) is 0.687. The summed E-state index contributed by atoms with van der Waals surface area (Å²) in [6, 6.07) is 0.612. The molecule has 14 heavy (non-hydrogen) atoms. The van der Waals surface area contributed by atoms with Crippen molar-refractivity contribution < 1.29 is 5.11 Å². The van der Waals surface area contributed by atoms with Gasteiger partial charge < -0.3 is 10.4 Å². The predicted octanol–water partition coefficient (Wildman–Crippen LogP) is 2.17. The van der Waals surface area contributed by atoms with Gasteiger partial charge in [0.1, 0.15) is 0 Å². The van der Waals surface area contributed by atoms with Gasteiger partial charge in [-0.2, -0.15) is 0 Å². The molecule has 1 unspecified atom stereocenters. The van der Waals surface area contributed by atoms with Gasteiger partial charge in [-0.3, -0.25) is 0 Å². The van der Waals surface area contributed by atoms with Crippen LogP contribution in [0, 0.1) is 10.8 Å². The highest BCUT2D eigenvalue weighted by Crippen LogP contribution is 2.48. The monoisotopic (exact) mass is 199 g/mol. The molecule has 0 saturated heterocycles. The van der Waals surface area contributed by atoms with Crippen LogP contribution in [0.3, 0.4) is 0 Å². The minimum atomic E-state index is 0.217. The van der Waals surface area contributed by atoms with Crippen LogP contribution in [0.2, 0.25) is 0 Å². The molecule has 0 spiro atoms. The van der Waals surface area contributed by atoms with Crippen LogP contribution >= 0.6 is 0 Å². The molecular formula is C12H25NO. The lowest BCUT2D eigenvalue weighted by atomic mass is 9.88. The third-order valence-electron chi connectivity index (χ3n) is 3.76. The average molecular weight is 199 g/mol. The van der Waals surface area contributed by atoms with Gasteiger partial charge >= 0.3 is 0 Å². The van der Waals surface area contributed by atoms with Crippen LogP contribution in [-0.4, -0.2) is 24.3 Å². The van der Waals surface area contributed by atoms with Gasteiger partial charge in [-0.05, 0) is 37.0 Å². The Morgan fingerprint density at radius 1 is 1.43 bits per heavy atom. The first-order valence-corrected chi connectivity index (χ1v) is 5.74. The molecule has 1 rings (SSSR count). The molecule has 1 atom stereocenters. The Kier molecular flexibility index (Phi) is 3.59. The number of hydrogen-bond acceptors (Lipinski definition) is 2. The fourth-order valence-electron chi connectivity index (χ4n) is 1.70. The Balaban J connectivity index is 2.25. The van der Waals surface area contributed by atoms with Gasteiger partial charge in [0.05, 0.1) is 0 Å². The van der Waals surface area contributed by atoms with E-state index in [0.29, 0.717) is 18.1 Å². The van der Waals surface area contributed by atoms with Crippen molar-refractivity contribution in [3.8, 4) is 0 Å². The lowest BCUT2D eigenvalue weighted by Crippen LogP contribution is -2.40. The SMILES string of the molecule is CC(NCC(C)(C)CCO)C1(C)CC1. The molecule has 2 nitrogen and oxygen atoms in total. The highest BCUT2D eigenvalue weighted by molar-refractivity contribution is 4.97. The summed E-state index contributed by atoms with van der Waals surface area (Å²) in [7, 11) is 0. The maximum absolute atomic E-state index is 8.91. The summed E-state index contributed by atoms with van der Waals surface area (Å²) in [6.45, 7) is 10.3. The Morgan fingerprint density at radius 2 is 2.00 bits per heavy atom. The van der Waals surface area contributed by atoms with Crippen molar-refractivity contribution in [1.82, 2.24) is 5.32 Å². The predicted molar refractivity (Wildman–Crippen MR) is 60.3 cm³/mol.